The van der Waals surface area contributed by atoms with E-state index in [4.69, 9.17) is 4.74 Å². The molecule has 0 saturated carbocycles. The molecule has 4 nitrogen and oxygen atoms in total. The average Bonchev–Trinajstić information content (AvgIpc) is 2.76. The summed E-state index contributed by atoms with van der Waals surface area (Å²) in [5.41, 5.74) is 3.25. The van der Waals surface area contributed by atoms with Crippen molar-refractivity contribution in [2.24, 2.45) is 7.05 Å². The van der Waals surface area contributed by atoms with Crippen molar-refractivity contribution in [3.63, 3.8) is 0 Å². The molecule has 1 heterocycles. The number of benzene rings is 1. The first-order valence-electron chi connectivity index (χ1n) is 7.21. The van der Waals surface area contributed by atoms with Crippen molar-refractivity contribution in [3.8, 4) is 5.75 Å². The van der Waals surface area contributed by atoms with Gasteiger partial charge in [0, 0.05) is 23.6 Å². The van der Waals surface area contributed by atoms with Crippen LogP contribution in [0.3, 0.4) is 0 Å². The van der Waals surface area contributed by atoms with Crippen LogP contribution < -0.4 is 10.1 Å². The maximum atomic E-state index is 5.98. The van der Waals surface area contributed by atoms with Gasteiger partial charge in [0.15, 0.2) is 0 Å². The summed E-state index contributed by atoms with van der Waals surface area (Å²) in [6.45, 7) is 6.50. The normalized spacial score (nSPS) is 10.9. The minimum atomic E-state index is 0.528. The van der Waals surface area contributed by atoms with Crippen molar-refractivity contribution in [2.45, 2.75) is 33.4 Å². The molecule has 2 rings (SSSR count). The minimum absolute atomic E-state index is 0.528. The van der Waals surface area contributed by atoms with Gasteiger partial charge in [0.05, 0.1) is 11.4 Å². The van der Waals surface area contributed by atoms with E-state index in [1.807, 2.05) is 36.9 Å². The number of rotatable bonds is 7. The predicted molar refractivity (Wildman–Crippen MR) is 88.4 cm³/mol. The van der Waals surface area contributed by atoms with Crippen LogP contribution >= 0.6 is 15.9 Å². The molecular weight excluding hydrogens is 330 g/mol. The summed E-state index contributed by atoms with van der Waals surface area (Å²) < 4.78 is 8.91. The van der Waals surface area contributed by atoms with Crippen LogP contribution in [0.25, 0.3) is 0 Å². The van der Waals surface area contributed by atoms with Crippen LogP contribution in [0.1, 0.15) is 30.3 Å². The van der Waals surface area contributed by atoms with Gasteiger partial charge in [0.2, 0.25) is 0 Å². The molecule has 0 saturated heterocycles. The van der Waals surface area contributed by atoms with Crippen molar-refractivity contribution in [1.82, 2.24) is 15.1 Å². The summed E-state index contributed by atoms with van der Waals surface area (Å²) in [7, 11) is 1.94. The highest BCUT2D eigenvalue weighted by atomic mass is 79.9. The van der Waals surface area contributed by atoms with Crippen LogP contribution in [0, 0.1) is 6.92 Å². The van der Waals surface area contributed by atoms with Crippen molar-refractivity contribution < 1.29 is 4.74 Å². The van der Waals surface area contributed by atoms with Gasteiger partial charge in [-0.1, -0.05) is 22.9 Å². The Hall–Kier alpha value is -1.33. The van der Waals surface area contributed by atoms with Crippen LogP contribution in [0.2, 0.25) is 0 Å². The van der Waals surface area contributed by atoms with Gasteiger partial charge < -0.3 is 10.1 Å². The second-order valence-corrected chi connectivity index (χ2v) is 6.03. The number of ether oxygens (including phenoxy) is 1. The van der Waals surface area contributed by atoms with Gasteiger partial charge in [-0.05, 0) is 44.2 Å². The molecule has 0 unspecified atom stereocenters. The molecule has 1 aromatic carbocycles. The van der Waals surface area contributed by atoms with E-state index in [2.05, 4.69) is 39.3 Å². The van der Waals surface area contributed by atoms with E-state index in [0.717, 1.165) is 46.7 Å². The Balaban J connectivity index is 2.06. The fourth-order valence-electron chi connectivity index (χ4n) is 2.18. The molecule has 0 fully saturated rings. The van der Waals surface area contributed by atoms with Crippen molar-refractivity contribution >= 4 is 15.9 Å². The number of nitrogens with one attached hydrogen (secondary N) is 1. The average molecular weight is 352 g/mol. The third-order valence-electron chi connectivity index (χ3n) is 3.24. The lowest BCUT2D eigenvalue weighted by atomic mass is 10.2. The molecule has 1 N–H and O–H groups in total. The fourth-order valence-corrected chi connectivity index (χ4v) is 2.59. The van der Waals surface area contributed by atoms with E-state index < -0.39 is 0 Å². The largest absolute Gasteiger partial charge is 0.487 e. The van der Waals surface area contributed by atoms with E-state index in [1.165, 1.54) is 0 Å². The van der Waals surface area contributed by atoms with E-state index in [-0.39, 0.29) is 0 Å². The van der Waals surface area contributed by atoms with Gasteiger partial charge in [-0.25, -0.2) is 0 Å². The summed E-state index contributed by atoms with van der Waals surface area (Å²) in [5, 5.41) is 7.75. The number of nitrogens with zero attached hydrogens (tertiary/aromatic N) is 2. The van der Waals surface area contributed by atoms with Crippen LogP contribution in [0.4, 0.5) is 0 Å². The van der Waals surface area contributed by atoms with E-state index in [1.54, 1.807) is 0 Å². The Kier molecular flexibility index (Phi) is 5.82. The fraction of sp³-hybridized carbons (Fsp3) is 0.438. The molecule has 0 bridgehead atoms. The molecule has 0 spiro atoms. The second kappa shape index (κ2) is 7.61. The predicted octanol–water partition coefficient (Wildman–Crippen LogP) is 3.57. The first kappa shape index (κ1) is 16.0. The standard InChI is InChI=1S/C16H22BrN3O/c1-4-7-18-10-13-9-14(17)5-6-16(13)21-11-15-8-12(2)19-20(15)3/h5-6,8-9,18H,4,7,10-11H2,1-3H3. The summed E-state index contributed by atoms with van der Waals surface area (Å²) >= 11 is 3.52. The zero-order chi connectivity index (χ0) is 15.2. The molecule has 21 heavy (non-hydrogen) atoms. The smallest absolute Gasteiger partial charge is 0.130 e. The third kappa shape index (κ3) is 4.58. The molecule has 0 aliphatic carbocycles. The van der Waals surface area contributed by atoms with E-state index in [9.17, 15) is 0 Å². The summed E-state index contributed by atoms with van der Waals surface area (Å²) in [6.07, 6.45) is 1.12. The molecule has 0 amide bonds. The highest BCUT2D eigenvalue weighted by Crippen LogP contribution is 2.24. The monoisotopic (exact) mass is 351 g/mol. The summed E-state index contributed by atoms with van der Waals surface area (Å²) in [5.74, 6) is 0.917. The Morgan fingerprint density at radius 3 is 2.81 bits per heavy atom. The highest BCUT2D eigenvalue weighted by molar-refractivity contribution is 9.10. The van der Waals surface area contributed by atoms with Gasteiger partial charge in [-0.15, -0.1) is 0 Å². The van der Waals surface area contributed by atoms with Crippen molar-refractivity contribution in [1.29, 1.82) is 0 Å². The van der Waals surface area contributed by atoms with Crippen LogP contribution in [-0.2, 0) is 20.2 Å². The maximum Gasteiger partial charge on any atom is 0.130 e. The summed E-state index contributed by atoms with van der Waals surface area (Å²) in [4.78, 5) is 0. The Bertz CT molecular complexity index is 595. The number of hydrogen-bond acceptors (Lipinski definition) is 3. The van der Waals surface area contributed by atoms with Crippen LogP contribution in [0.15, 0.2) is 28.7 Å². The SMILES string of the molecule is CCCNCc1cc(Br)ccc1OCc1cc(C)nn1C. The lowest BCUT2D eigenvalue weighted by Crippen LogP contribution is -2.15. The van der Waals surface area contributed by atoms with E-state index >= 15 is 0 Å². The van der Waals surface area contributed by atoms with Gasteiger partial charge in [-0.2, -0.15) is 5.10 Å². The summed E-state index contributed by atoms with van der Waals surface area (Å²) in [6, 6.07) is 8.17. The lowest BCUT2D eigenvalue weighted by molar-refractivity contribution is 0.291. The first-order chi connectivity index (χ1) is 10.1. The molecule has 1 aromatic heterocycles. The maximum absolute atomic E-state index is 5.98. The lowest BCUT2D eigenvalue weighted by Gasteiger charge is -2.13. The first-order valence-corrected chi connectivity index (χ1v) is 8.01. The molecule has 0 atom stereocenters. The molecular formula is C16H22BrN3O. The quantitative estimate of drug-likeness (QED) is 0.775. The Labute approximate surface area is 134 Å². The number of aromatic nitrogens is 2. The zero-order valence-electron chi connectivity index (χ0n) is 12.8. The molecule has 0 radical (unpaired) electrons. The minimum Gasteiger partial charge on any atom is -0.487 e. The topological polar surface area (TPSA) is 39.1 Å². The van der Waals surface area contributed by atoms with Gasteiger partial charge >= 0.3 is 0 Å². The van der Waals surface area contributed by atoms with Crippen molar-refractivity contribution in [2.75, 3.05) is 6.54 Å². The van der Waals surface area contributed by atoms with Crippen LogP contribution in [-0.4, -0.2) is 16.3 Å². The van der Waals surface area contributed by atoms with E-state index in [0.29, 0.717) is 6.61 Å². The molecule has 114 valence electrons. The Morgan fingerprint density at radius 1 is 1.33 bits per heavy atom. The van der Waals surface area contributed by atoms with Crippen LogP contribution in [0.5, 0.6) is 5.75 Å². The van der Waals surface area contributed by atoms with Gasteiger partial charge in [0.1, 0.15) is 12.4 Å². The second-order valence-electron chi connectivity index (χ2n) is 5.12. The molecule has 2 aromatic rings. The Morgan fingerprint density at radius 2 is 2.14 bits per heavy atom. The third-order valence-corrected chi connectivity index (χ3v) is 3.73. The number of aryl methyl sites for hydroxylation is 2. The number of hydrogen-bond donors (Lipinski definition) is 1. The highest BCUT2D eigenvalue weighted by Gasteiger charge is 2.07. The molecule has 0 aliphatic rings. The zero-order valence-corrected chi connectivity index (χ0v) is 14.4. The molecule has 0 aliphatic heterocycles. The number of halogens is 1. The van der Waals surface area contributed by atoms with Gasteiger partial charge in [-0.3, -0.25) is 4.68 Å². The van der Waals surface area contributed by atoms with Gasteiger partial charge in [0.25, 0.3) is 0 Å². The van der Waals surface area contributed by atoms with Crippen molar-refractivity contribution in [3.05, 3.63) is 45.7 Å². The molecule has 5 heteroatoms.